The van der Waals surface area contributed by atoms with Crippen LogP contribution in [0.5, 0.6) is 11.5 Å². The summed E-state index contributed by atoms with van der Waals surface area (Å²) in [6.45, 7) is 5.04. The van der Waals surface area contributed by atoms with Gasteiger partial charge in [0, 0.05) is 22.7 Å². The third kappa shape index (κ3) is 4.64. The van der Waals surface area contributed by atoms with Crippen LogP contribution >= 0.6 is 0 Å². The Morgan fingerprint density at radius 2 is 1.76 bits per heavy atom. The number of hydrogen-bond donors (Lipinski definition) is 2. The molecule has 3 aromatic rings. The minimum Gasteiger partial charge on any atom is -0.505 e. The van der Waals surface area contributed by atoms with Crippen LogP contribution in [0.4, 0.5) is 17.6 Å². The van der Waals surface area contributed by atoms with Gasteiger partial charge >= 0.3 is 12.3 Å². The number of hydrogen-bond acceptors (Lipinski definition) is 4. The van der Waals surface area contributed by atoms with Crippen LogP contribution in [-0.4, -0.2) is 33.0 Å². The zero-order chi connectivity index (χ0) is 24.7. The molecule has 1 aromatic heterocycles. The van der Waals surface area contributed by atoms with E-state index in [0.717, 1.165) is 41.0 Å². The predicted molar refractivity (Wildman–Crippen MR) is 111 cm³/mol. The molecule has 10 heteroatoms. The minimum absolute atomic E-state index is 0.0278. The van der Waals surface area contributed by atoms with E-state index in [4.69, 9.17) is 0 Å². The molecule has 33 heavy (non-hydrogen) atoms. The standard InChI is InChI=1S/C23H21F4NO5/c1-4-11(2)19(22(31)32)20-12(3)28(17-10-16(24)18(29)9-15(17)20)21(30)13-5-7-14(8-6-13)33-23(25,26)27/h5-11,19,29H,4H2,1-3H3,(H,31,32)/t11?,19-/m1/s1. The Hall–Kier alpha value is -3.56. The van der Waals surface area contributed by atoms with Crippen LogP contribution in [0, 0.1) is 18.7 Å². The van der Waals surface area contributed by atoms with Crippen molar-refractivity contribution >= 4 is 22.8 Å². The van der Waals surface area contributed by atoms with Gasteiger partial charge in [-0.3, -0.25) is 14.2 Å². The van der Waals surface area contributed by atoms with E-state index in [0.29, 0.717) is 6.42 Å². The van der Waals surface area contributed by atoms with Crippen LogP contribution in [-0.2, 0) is 4.79 Å². The van der Waals surface area contributed by atoms with Gasteiger partial charge in [-0.2, -0.15) is 0 Å². The Bertz CT molecular complexity index is 1210. The number of benzene rings is 2. The Balaban J connectivity index is 2.21. The van der Waals surface area contributed by atoms with E-state index in [1.807, 2.05) is 6.92 Å². The van der Waals surface area contributed by atoms with E-state index >= 15 is 0 Å². The van der Waals surface area contributed by atoms with Crippen LogP contribution in [0.15, 0.2) is 36.4 Å². The molecule has 2 atom stereocenters. The second-order valence-corrected chi connectivity index (χ2v) is 7.73. The number of alkyl halides is 3. The number of phenols is 1. The number of fused-ring (bicyclic) bond motifs is 1. The Kier molecular flexibility index (Phi) is 6.40. The predicted octanol–water partition coefficient (Wildman–Crippen LogP) is 5.60. The lowest BCUT2D eigenvalue weighted by molar-refractivity contribution is -0.274. The molecule has 1 heterocycles. The van der Waals surface area contributed by atoms with Crippen molar-refractivity contribution in [3.63, 3.8) is 0 Å². The van der Waals surface area contributed by atoms with Gasteiger partial charge in [0.05, 0.1) is 11.4 Å². The number of nitrogens with zero attached hydrogens (tertiary/aromatic N) is 1. The Morgan fingerprint density at radius 1 is 1.15 bits per heavy atom. The van der Waals surface area contributed by atoms with Gasteiger partial charge in [0.1, 0.15) is 5.75 Å². The minimum atomic E-state index is -4.89. The number of aromatic nitrogens is 1. The first-order valence-electron chi connectivity index (χ1n) is 10.0. The number of phenolic OH excluding ortho intramolecular Hbond substituents is 1. The van der Waals surface area contributed by atoms with E-state index in [1.54, 1.807) is 6.92 Å². The summed E-state index contributed by atoms with van der Waals surface area (Å²) in [6.07, 6.45) is -4.39. The number of ether oxygens (including phenoxy) is 1. The SMILES string of the molecule is CCC(C)[C@@H](C(=O)O)c1c(C)n(C(=O)c2ccc(OC(F)(F)F)cc2)c2cc(F)c(O)cc12. The molecular formula is C23H21F4NO5. The summed E-state index contributed by atoms with van der Waals surface area (Å²) in [7, 11) is 0. The van der Waals surface area contributed by atoms with E-state index in [2.05, 4.69) is 4.74 Å². The highest BCUT2D eigenvalue weighted by molar-refractivity contribution is 6.05. The van der Waals surface area contributed by atoms with Crippen LogP contribution in [0.2, 0.25) is 0 Å². The maximum absolute atomic E-state index is 14.2. The van der Waals surface area contributed by atoms with Crippen LogP contribution in [0.1, 0.15) is 47.8 Å². The highest BCUT2D eigenvalue weighted by atomic mass is 19.4. The molecule has 0 saturated heterocycles. The topological polar surface area (TPSA) is 88.8 Å². The van der Waals surface area contributed by atoms with Crippen molar-refractivity contribution in [2.45, 2.75) is 39.5 Å². The summed E-state index contributed by atoms with van der Waals surface area (Å²) >= 11 is 0. The molecule has 6 nitrogen and oxygen atoms in total. The number of carboxylic acid groups (broad SMARTS) is 1. The van der Waals surface area contributed by atoms with Crippen molar-refractivity contribution in [2.24, 2.45) is 5.92 Å². The molecule has 0 fully saturated rings. The van der Waals surface area contributed by atoms with Crippen LogP contribution in [0.25, 0.3) is 10.9 Å². The lowest BCUT2D eigenvalue weighted by atomic mass is 9.84. The molecule has 176 valence electrons. The molecule has 0 saturated carbocycles. The van der Waals surface area contributed by atoms with Gasteiger partial charge in [-0.25, -0.2) is 4.39 Å². The molecule has 0 spiro atoms. The van der Waals surface area contributed by atoms with Gasteiger partial charge in [-0.05, 0) is 48.7 Å². The molecule has 0 aliphatic heterocycles. The summed E-state index contributed by atoms with van der Waals surface area (Å²) in [4.78, 5) is 25.4. The number of carboxylic acids is 1. The third-order valence-corrected chi connectivity index (χ3v) is 5.65. The van der Waals surface area contributed by atoms with Crippen molar-refractivity contribution in [3.8, 4) is 11.5 Å². The van der Waals surface area contributed by atoms with Crippen LogP contribution < -0.4 is 4.74 Å². The molecule has 3 rings (SSSR count). The maximum Gasteiger partial charge on any atom is 0.573 e. The third-order valence-electron chi connectivity index (χ3n) is 5.65. The fourth-order valence-corrected chi connectivity index (χ4v) is 3.92. The van der Waals surface area contributed by atoms with Gasteiger partial charge in [0.2, 0.25) is 0 Å². The average molecular weight is 467 g/mol. The largest absolute Gasteiger partial charge is 0.573 e. The lowest BCUT2D eigenvalue weighted by Gasteiger charge is -2.20. The van der Waals surface area contributed by atoms with Gasteiger partial charge in [-0.15, -0.1) is 13.2 Å². The molecule has 0 radical (unpaired) electrons. The fraction of sp³-hybridized carbons (Fsp3) is 0.304. The average Bonchev–Trinajstić information content (AvgIpc) is 2.98. The molecule has 0 amide bonds. The van der Waals surface area contributed by atoms with Crippen molar-refractivity contribution in [3.05, 3.63) is 59.0 Å². The molecule has 0 bridgehead atoms. The smallest absolute Gasteiger partial charge is 0.505 e. The number of rotatable bonds is 6. The molecule has 1 unspecified atom stereocenters. The molecule has 2 N–H and O–H groups in total. The highest BCUT2D eigenvalue weighted by Gasteiger charge is 2.34. The van der Waals surface area contributed by atoms with E-state index in [1.165, 1.54) is 6.92 Å². The van der Waals surface area contributed by atoms with Crippen molar-refractivity contribution < 1.29 is 42.1 Å². The van der Waals surface area contributed by atoms with Gasteiger partial charge < -0.3 is 14.9 Å². The first-order chi connectivity index (χ1) is 15.4. The van der Waals surface area contributed by atoms with Gasteiger partial charge in [0.25, 0.3) is 5.91 Å². The van der Waals surface area contributed by atoms with Gasteiger partial charge in [0.15, 0.2) is 11.6 Å². The second-order valence-electron chi connectivity index (χ2n) is 7.73. The van der Waals surface area contributed by atoms with Crippen molar-refractivity contribution in [2.75, 3.05) is 0 Å². The second kappa shape index (κ2) is 8.76. The quantitative estimate of drug-likeness (QED) is 0.461. The number of halogens is 4. The lowest BCUT2D eigenvalue weighted by Crippen LogP contribution is -2.21. The Labute approximate surface area is 186 Å². The Morgan fingerprint density at radius 3 is 2.27 bits per heavy atom. The first-order valence-corrected chi connectivity index (χ1v) is 10.0. The summed E-state index contributed by atoms with van der Waals surface area (Å²) in [5.74, 6) is -5.47. The number of carbonyl (C=O) groups is 2. The monoisotopic (exact) mass is 467 g/mol. The summed E-state index contributed by atoms with van der Waals surface area (Å²) in [5, 5.41) is 20.0. The van der Waals surface area contributed by atoms with E-state index < -0.39 is 41.5 Å². The van der Waals surface area contributed by atoms with E-state index in [-0.39, 0.29) is 33.6 Å². The molecule has 0 aliphatic carbocycles. The van der Waals surface area contributed by atoms with Gasteiger partial charge in [-0.1, -0.05) is 20.3 Å². The highest BCUT2D eigenvalue weighted by Crippen LogP contribution is 2.39. The van der Waals surface area contributed by atoms with Crippen LogP contribution in [0.3, 0.4) is 0 Å². The number of aromatic hydroxyl groups is 1. The number of carbonyl (C=O) groups excluding carboxylic acids is 1. The zero-order valence-corrected chi connectivity index (χ0v) is 17.9. The zero-order valence-electron chi connectivity index (χ0n) is 17.9. The summed E-state index contributed by atoms with van der Waals surface area (Å²) in [6, 6.07) is 6.18. The fourth-order valence-electron chi connectivity index (χ4n) is 3.92. The van der Waals surface area contributed by atoms with Crippen molar-refractivity contribution in [1.29, 1.82) is 0 Å². The molecule has 0 aliphatic rings. The summed E-state index contributed by atoms with van der Waals surface area (Å²) < 4.78 is 56.3. The maximum atomic E-state index is 14.2. The molecule has 2 aromatic carbocycles. The molecular weight excluding hydrogens is 446 g/mol. The number of aliphatic carboxylic acids is 1. The first kappa shape index (κ1) is 24.1. The van der Waals surface area contributed by atoms with E-state index in [9.17, 15) is 37.4 Å². The normalized spacial score (nSPS) is 13.7. The summed E-state index contributed by atoms with van der Waals surface area (Å²) in [5.41, 5.74) is 0.490. The van der Waals surface area contributed by atoms with Crippen molar-refractivity contribution in [1.82, 2.24) is 4.57 Å².